The summed E-state index contributed by atoms with van der Waals surface area (Å²) in [6.45, 7) is 3.85. The van der Waals surface area contributed by atoms with Crippen LogP contribution < -0.4 is 0 Å². The van der Waals surface area contributed by atoms with Crippen molar-refractivity contribution < 1.29 is 4.79 Å². The molecule has 2 aromatic rings. The van der Waals surface area contributed by atoms with Gasteiger partial charge in [-0.2, -0.15) is 0 Å². The zero-order valence-electron chi connectivity index (χ0n) is 12.5. The second-order valence-corrected chi connectivity index (χ2v) is 7.04. The van der Waals surface area contributed by atoms with E-state index in [4.69, 9.17) is 11.6 Å². The number of aromatic nitrogens is 3. The van der Waals surface area contributed by atoms with E-state index in [1.165, 1.54) is 24.6 Å². The molecule has 2 aromatic heterocycles. The minimum absolute atomic E-state index is 0.185. The van der Waals surface area contributed by atoms with Gasteiger partial charge in [0.1, 0.15) is 0 Å². The maximum absolute atomic E-state index is 12.4. The van der Waals surface area contributed by atoms with Crippen LogP contribution in [0.2, 0.25) is 5.02 Å². The van der Waals surface area contributed by atoms with Gasteiger partial charge in [-0.05, 0) is 31.2 Å². The number of H-pyrrole nitrogens is 1. The number of fused-ring (bicyclic) bond motifs is 1. The third-order valence-corrected chi connectivity index (χ3v) is 4.70. The van der Waals surface area contributed by atoms with E-state index in [9.17, 15) is 4.79 Å². The second-order valence-electron chi connectivity index (χ2n) is 5.64. The van der Waals surface area contributed by atoms with Crippen LogP contribution in [0.5, 0.6) is 0 Å². The summed E-state index contributed by atoms with van der Waals surface area (Å²) >= 11 is 7.33. The maximum atomic E-state index is 12.4. The highest BCUT2D eigenvalue weighted by Crippen LogP contribution is 2.30. The molecular weight excluding hydrogens is 320 g/mol. The predicted octanol–water partition coefficient (Wildman–Crippen LogP) is 3.35. The van der Waals surface area contributed by atoms with Gasteiger partial charge in [-0.1, -0.05) is 30.3 Å². The molecule has 1 amide bonds. The molecule has 1 aliphatic rings. The van der Waals surface area contributed by atoms with Crippen molar-refractivity contribution in [2.45, 2.75) is 31.3 Å². The van der Waals surface area contributed by atoms with Crippen molar-refractivity contribution >= 4 is 40.4 Å². The van der Waals surface area contributed by atoms with Crippen molar-refractivity contribution in [3.05, 3.63) is 17.3 Å². The molecular formula is C15H19ClN4OS. The van der Waals surface area contributed by atoms with Gasteiger partial charge in [0.25, 0.3) is 0 Å². The van der Waals surface area contributed by atoms with Gasteiger partial charge in [0.2, 0.25) is 5.91 Å². The Labute approximate surface area is 138 Å². The Bertz CT molecular complexity index is 671. The number of imidazole rings is 1. The number of amides is 1. The number of carbonyl (C=O) groups excluding carboxylic acids is 1. The van der Waals surface area contributed by atoms with Gasteiger partial charge in [0.05, 0.1) is 16.3 Å². The molecule has 5 nitrogen and oxygen atoms in total. The highest BCUT2D eigenvalue weighted by Gasteiger charge is 2.26. The molecule has 0 atom stereocenters. The summed E-state index contributed by atoms with van der Waals surface area (Å²) in [5, 5.41) is 1.28. The van der Waals surface area contributed by atoms with Gasteiger partial charge in [-0.15, -0.1) is 0 Å². The van der Waals surface area contributed by atoms with E-state index < -0.39 is 0 Å². The molecule has 2 heterocycles. The van der Waals surface area contributed by atoms with Crippen LogP contribution in [0, 0.1) is 5.92 Å². The minimum atomic E-state index is 0.185. The molecule has 0 bridgehead atoms. The van der Waals surface area contributed by atoms with Crippen LogP contribution in [0.3, 0.4) is 0 Å². The van der Waals surface area contributed by atoms with E-state index >= 15 is 0 Å². The molecule has 0 aliphatic heterocycles. The molecule has 0 saturated heterocycles. The zero-order chi connectivity index (χ0) is 15.5. The largest absolute Gasteiger partial charge is 0.342 e. The summed E-state index contributed by atoms with van der Waals surface area (Å²) in [7, 11) is 0. The lowest BCUT2D eigenvalue weighted by molar-refractivity contribution is -0.128. The first-order valence-corrected chi connectivity index (χ1v) is 8.94. The molecule has 1 N–H and O–H groups in total. The first-order chi connectivity index (χ1) is 10.7. The highest BCUT2D eigenvalue weighted by molar-refractivity contribution is 7.99. The summed E-state index contributed by atoms with van der Waals surface area (Å²) < 4.78 is 0. The summed E-state index contributed by atoms with van der Waals surface area (Å²) in [6.07, 6.45) is 5.09. The van der Waals surface area contributed by atoms with E-state index in [-0.39, 0.29) is 5.91 Å². The van der Waals surface area contributed by atoms with E-state index in [0.29, 0.717) is 21.6 Å². The first-order valence-electron chi connectivity index (χ1n) is 7.57. The SMILES string of the molecule is CCCN(CC1CC1)C(=O)CSc1nc2ncc(Cl)cc2[nH]1. The number of thioether (sulfide) groups is 1. The van der Waals surface area contributed by atoms with Crippen molar-refractivity contribution in [3.8, 4) is 0 Å². The Morgan fingerprint density at radius 2 is 2.36 bits per heavy atom. The summed E-state index contributed by atoms with van der Waals surface area (Å²) in [5.74, 6) is 1.31. The van der Waals surface area contributed by atoms with Crippen LogP contribution in [0.25, 0.3) is 11.2 Å². The van der Waals surface area contributed by atoms with Gasteiger partial charge in [0.15, 0.2) is 10.8 Å². The average molecular weight is 339 g/mol. The predicted molar refractivity (Wildman–Crippen MR) is 89.2 cm³/mol. The van der Waals surface area contributed by atoms with Crippen molar-refractivity contribution in [1.29, 1.82) is 0 Å². The van der Waals surface area contributed by atoms with Gasteiger partial charge in [-0.3, -0.25) is 4.79 Å². The average Bonchev–Trinajstić information content (AvgIpc) is 3.22. The molecule has 0 unspecified atom stereocenters. The third kappa shape index (κ3) is 3.93. The number of hydrogen-bond donors (Lipinski definition) is 1. The monoisotopic (exact) mass is 338 g/mol. The summed E-state index contributed by atoms with van der Waals surface area (Å²) in [6, 6.07) is 1.79. The van der Waals surface area contributed by atoms with E-state index in [1.54, 1.807) is 12.3 Å². The topological polar surface area (TPSA) is 61.9 Å². The van der Waals surface area contributed by atoms with Crippen LogP contribution in [0.15, 0.2) is 17.4 Å². The van der Waals surface area contributed by atoms with Crippen LogP contribution in [0.4, 0.5) is 0 Å². The fourth-order valence-electron chi connectivity index (χ4n) is 2.34. The zero-order valence-corrected chi connectivity index (χ0v) is 14.1. The van der Waals surface area contributed by atoms with Gasteiger partial charge in [-0.25, -0.2) is 9.97 Å². The van der Waals surface area contributed by atoms with Gasteiger partial charge < -0.3 is 9.88 Å². The Morgan fingerprint density at radius 1 is 1.55 bits per heavy atom. The highest BCUT2D eigenvalue weighted by atomic mass is 35.5. The van der Waals surface area contributed by atoms with Crippen LogP contribution >= 0.6 is 23.4 Å². The molecule has 7 heteroatoms. The van der Waals surface area contributed by atoms with E-state index in [0.717, 1.165) is 30.9 Å². The van der Waals surface area contributed by atoms with Crippen LogP contribution in [-0.4, -0.2) is 44.6 Å². The number of aromatic amines is 1. The molecule has 1 saturated carbocycles. The quantitative estimate of drug-likeness (QED) is 0.786. The molecule has 0 radical (unpaired) electrons. The lowest BCUT2D eigenvalue weighted by Gasteiger charge is -2.21. The molecule has 3 rings (SSSR count). The molecule has 22 heavy (non-hydrogen) atoms. The van der Waals surface area contributed by atoms with Crippen molar-refractivity contribution in [1.82, 2.24) is 19.9 Å². The second kappa shape index (κ2) is 6.87. The Hall–Kier alpha value is -1.27. The number of carbonyl (C=O) groups is 1. The van der Waals surface area contributed by atoms with E-state index in [2.05, 4.69) is 21.9 Å². The molecule has 0 spiro atoms. The lowest BCUT2D eigenvalue weighted by Crippen LogP contribution is -2.34. The molecule has 0 aromatic carbocycles. The van der Waals surface area contributed by atoms with Crippen molar-refractivity contribution in [2.24, 2.45) is 5.92 Å². The Balaban J connectivity index is 1.60. The number of hydrogen-bond acceptors (Lipinski definition) is 4. The number of nitrogens with one attached hydrogen (secondary N) is 1. The standard InChI is InChI=1S/C15H19ClN4OS/c1-2-5-20(8-10-3-4-10)13(21)9-22-15-18-12-6-11(16)7-17-14(12)19-15/h6-7,10H,2-5,8-9H2,1H3,(H,17,18,19). The molecule has 118 valence electrons. The number of rotatable bonds is 7. The summed E-state index contributed by atoms with van der Waals surface area (Å²) in [4.78, 5) is 26.0. The Kier molecular flexibility index (Phi) is 4.88. The normalized spacial score (nSPS) is 14.5. The Morgan fingerprint density at radius 3 is 3.09 bits per heavy atom. The molecule has 1 aliphatic carbocycles. The lowest BCUT2D eigenvalue weighted by atomic mass is 10.3. The van der Waals surface area contributed by atoms with Crippen molar-refractivity contribution in [3.63, 3.8) is 0 Å². The van der Waals surface area contributed by atoms with Crippen LogP contribution in [-0.2, 0) is 4.79 Å². The first kappa shape index (κ1) is 15.6. The minimum Gasteiger partial charge on any atom is -0.342 e. The maximum Gasteiger partial charge on any atom is 0.233 e. The summed E-state index contributed by atoms with van der Waals surface area (Å²) in [5.41, 5.74) is 1.42. The van der Waals surface area contributed by atoms with Gasteiger partial charge in [0, 0.05) is 19.3 Å². The van der Waals surface area contributed by atoms with Crippen molar-refractivity contribution in [2.75, 3.05) is 18.8 Å². The van der Waals surface area contributed by atoms with E-state index in [1.807, 2.05) is 4.90 Å². The number of pyridine rings is 1. The smallest absolute Gasteiger partial charge is 0.233 e. The van der Waals surface area contributed by atoms with Gasteiger partial charge >= 0.3 is 0 Å². The number of nitrogens with zero attached hydrogens (tertiary/aromatic N) is 3. The number of halogens is 1. The third-order valence-electron chi connectivity index (χ3n) is 3.64. The molecule has 1 fully saturated rings. The fraction of sp³-hybridized carbons (Fsp3) is 0.533. The van der Waals surface area contributed by atoms with Crippen LogP contribution in [0.1, 0.15) is 26.2 Å². The fourth-order valence-corrected chi connectivity index (χ4v) is 3.28.